The van der Waals surface area contributed by atoms with Gasteiger partial charge in [-0.25, -0.2) is 9.78 Å². The van der Waals surface area contributed by atoms with Gasteiger partial charge < -0.3 is 14.5 Å². The molecule has 1 saturated heterocycles. The van der Waals surface area contributed by atoms with Gasteiger partial charge in [-0.3, -0.25) is 0 Å². The number of urea groups is 1. The molecule has 1 aromatic rings. The van der Waals surface area contributed by atoms with E-state index in [-0.39, 0.29) is 12.1 Å². The average Bonchev–Trinajstić information content (AvgIpc) is 2.74. The summed E-state index contributed by atoms with van der Waals surface area (Å²) in [7, 11) is 3.53. The van der Waals surface area contributed by atoms with E-state index in [1.807, 2.05) is 17.2 Å². The van der Waals surface area contributed by atoms with Crippen molar-refractivity contribution < 1.29 is 9.53 Å². The third kappa shape index (κ3) is 2.58. The highest BCUT2D eigenvalue weighted by Crippen LogP contribution is 2.26. The monoisotopic (exact) mass is 255 g/mol. The van der Waals surface area contributed by atoms with Crippen LogP contribution in [0, 0.1) is 6.92 Å². The van der Waals surface area contributed by atoms with Crippen molar-refractivity contribution in [3.8, 4) is 0 Å². The lowest BCUT2D eigenvalue weighted by molar-refractivity contribution is 0.00476. The third-order valence-electron chi connectivity index (χ3n) is 2.73. The van der Waals surface area contributed by atoms with E-state index in [1.165, 1.54) is 0 Å². The van der Waals surface area contributed by atoms with Crippen LogP contribution in [-0.4, -0.2) is 54.7 Å². The minimum atomic E-state index is -0.0522. The fraction of sp³-hybridized carbons (Fsp3) is 0.636. The molecule has 5 nitrogen and oxygen atoms in total. The third-order valence-corrected chi connectivity index (χ3v) is 3.53. The van der Waals surface area contributed by atoms with E-state index in [4.69, 9.17) is 4.74 Å². The van der Waals surface area contributed by atoms with Crippen molar-refractivity contribution in [1.82, 2.24) is 14.8 Å². The number of carbonyl (C=O) groups is 1. The van der Waals surface area contributed by atoms with Gasteiger partial charge in [-0.05, 0) is 6.92 Å². The van der Waals surface area contributed by atoms with Crippen LogP contribution in [0.5, 0.6) is 0 Å². The summed E-state index contributed by atoms with van der Waals surface area (Å²) in [5.41, 5.74) is 0.933. The summed E-state index contributed by atoms with van der Waals surface area (Å²) >= 11 is 1.60. The Morgan fingerprint density at radius 2 is 2.41 bits per heavy atom. The Bertz CT molecular complexity index is 405. The first-order chi connectivity index (χ1) is 8.09. The summed E-state index contributed by atoms with van der Waals surface area (Å²) in [6.07, 6.45) is 0. The maximum atomic E-state index is 12.1. The molecule has 1 aromatic heterocycles. The maximum absolute atomic E-state index is 12.1. The zero-order valence-electron chi connectivity index (χ0n) is 10.3. The summed E-state index contributed by atoms with van der Waals surface area (Å²) in [5, 5.41) is 3.02. The Morgan fingerprint density at radius 1 is 1.65 bits per heavy atom. The molecule has 1 atom stereocenters. The number of thiazole rings is 1. The molecule has 94 valence electrons. The molecule has 0 aliphatic carbocycles. The summed E-state index contributed by atoms with van der Waals surface area (Å²) < 4.78 is 5.46. The smallest absolute Gasteiger partial charge is 0.320 e. The van der Waals surface area contributed by atoms with Crippen LogP contribution < -0.4 is 0 Å². The average molecular weight is 255 g/mol. The van der Waals surface area contributed by atoms with Gasteiger partial charge in [-0.2, -0.15) is 0 Å². The van der Waals surface area contributed by atoms with E-state index < -0.39 is 0 Å². The minimum Gasteiger partial charge on any atom is -0.377 e. The highest BCUT2D eigenvalue weighted by atomic mass is 32.1. The van der Waals surface area contributed by atoms with Crippen molar-refractivity contribution in [3.05, 3.63) is 16.1 Å². The van der Waals surface area contributed by atoms with Crippen molar-refractivity contribution in [1.29, 1.82) is 0 Å². The van der Waals surface area contributed by atoms with Gasteiger partial charge >= 0.3 is 6.03 Å². The van der Waals surface area contributed by atoms with Crippen LogP contribution in [0.3, 0.4) is 0 Å². The number of amides is 2. The van der Waals surface area contributed by atoms with E-state index in [2.05, 4.69) is 4.98 Å². The van der Waals surface area contributed by atoms with E-state index in [9.17, 15) is 4.79 Å². The second kappa shape index (κ2) is 5.01. The van der Waals surface area contributed by atoms with E-state index in [1.54, 1.807) is 30.3 Å². The molecule has 0 bridgehead atoms. The molecule has 6 heteroatoms. The Labute approximate surface area is 105 Å². The largest absolute Gasteiger partial charge is 0.377 e. The number of hydrogen-bond acceptors (Lipinski definition) is 4. The van der Waals surface area contributed by atoms with Crippen LogP contribution in [-0.2, 0) is 4.74 Å². The van der Waals surface area contributed by atoms with Gasteiger partial charge in [0.1, 0.15) is 6.04 Å². The molecule has 0 unspecified atom stereocenters. The highest BCUT2D eigenvalue weighted by molar-refractivity contribution is 7.09. The molecule has 2 rings (SSSR count). The lowest BCUT2D eigenvalue weighted by Crippen LogP contribution is -2.47. The lowest BCUT2D eigenvalue weighted by atomic mass is 10.2. The Morgan fingerprint density at radius 3 is 3.00 bits per heavy atom. The fourth-order valence-electron chi connectivity index (χ4n) is 1.87. The number of morpholine rings is 1. The van der Waals surface area contributed by atoms with Crippen LogP contribution in [0.1, 0.15) is 16.7 Å². The molecule has 1 aliphatic heterocycles. The molecule has 2 amide bonds. The van der Waals surface area contributed by atoms with E-state index in [0.29, 0.717) is 19.8 Å². The summed E-state index contributed by atoms with van der Waals surface area (Å²) in [6.45, 7) is 3.72. The van der Waals surface area contributed by atoms with Crippen molar-refractivity contribution in [2.75, 3.05) is 33.9 Å². The number of aromatic nitrogens is 1. The van der Waals surface area contributed by atoms with E-state index >= 15 is 0 Å². The number of aryl methyl sites for hydroxylation is 1. The van der Waals surface area contributed by atoms with Gasteiger partial charge in [0.05, 0.1) is 23.9 Å². The Balaban J connectivity index is 2.20. The van der Waals surface area contributed by atoms with E-state index in [0.717, 1.165) is 10.7 Å². The quantitative estimate of drug-likeness (QED) is 0.764. The number of hydrogen-bond donors (Lipinski definition) is 0. The SMILES string of the molecule is Cc1nc([C@H]2COCCN2C(=O)N(C)C)cs1. The summed E-state index contributed by atoms with van der Waals surface area (Å²) in [4.78, 5) is 19.9. The Hall–Kier alpha value is -1.14. The number of nitrogens with zero attached hydrogens (tertiary/aromatic N) is 3. The predicted octanol–water partition coefficient (Wildman–Crippen LogP) is 1.51. The molecule has 0 N–H and O–H groups in total. The van der Waals surface area contributed by atoms with Gasteiger partial charge in [0, 0.05) is 26.0 Å². The standard InChI is InChI=1S/C11H17N3O2S/c1-8-12-9(7-17-8)10-6-16-5-4-14(10)11(15)13(2)3/h7,10H,4-6H2,1-3H3/t10-/m1/s1. The van der Waals surface area contributed by atoms with Gasteiger partial charge in [0.2, 0.25) is 0 Å². The van der Waals surface area contributed by atoms with Gasteiger partial charge in [0.15, 0.2) is 0 Å². The highest BCUT2D eigenvalue weighted by Gasteiger charge is 2.30. The van der Waals surface area contributed by atoms with Crippen molar-refractivity contribution >= 4 is 17.4 Å². The zero-order valence-corrected chi connectivity index (χ0v) is 11.2. The molecule has 0 radical (unpaired) electrons. The van der Waals surface area contributed by atoms with Gasteiger partial charge in [-0.15, -0.1) is 11.3 Å². The number of ether oxygens (including phenoxy) is 1. The predicted molar refractivity (Wildman–Crippen MR) is 66.2 cm³/mol. The topological polar surface area (TPSA) is 45.7 Å². The number of carbonyl (C=O) groups excluding carboxylic acids is 1. The van der Waals surface area contributed by atoms with Crippen molar-refractivity contribution in [3.63, 3.8) is 0 Å². The molecule has 2 heterocycles. The minimum absolute atomic E-state index is 0.0175. The molecular formula is C11H17N3O2S. The molecule has 1 aliphatic rings. The van der Waals surface area contributed by atoms with Crippen molar-refractivity contribution in [2.24, 2.45) is 0 Å². The van der Waals surface area contributed by atoms with Crippen LogP contribution >= 0.6 is 11.3 Å². The zero-order chi connectivity index (χ0) is 12.4. The van der Waals surface area contributed by atoms with Crippen LogP contribution in [0.2, 0.25) is 0 Å². The summed E-state index contributed by atoms with van der Waals surface area (Å²) in [5.74, 6) is 0. The van der Waals surface area contributed by atoms with Crippen LogP contribution in [0.4, 0.5) is 4.79 Å². The number of rotatable bonds is 1. The first-order valence-corrected chi connectivity index (χ1v) is 6.45. The van der Waals surface area contributed by atoms with Crippen molar-refractivity contribution in [2.45, 2.75) is 13.0 Å². The molecule has 17 heavy (non-hydrogen) atoms. The first-order valence-electron chi connectivity index (χ1n) is 5.57. The molecule has 1 fully saturated rings. The lowest BCUT2D eigenvalue weighted by Gasteiger charge is -2.36. The maximum Gasteiger partial charge on any atom is 0.320 e. The van der Waals surface area contributed by atoms with Gasteiger partial charge in [-0.1, -0.05) is 0 Å². The Kier molecular flexibility index (Phi) is 3.63. The van der Waals surface area contributed by atoms with Crippen LogP contribution in [0.25, 0.3) is 0 Å². The summed E-state index contributed by atoms with van der Waals surface area (Å²) in [6, 6.07) is -0.0347. The second-order valence-electron chi connectivity index (χ2n) is 4.25. The molecule has 0 saturated carbocycles. The fourth-order valence-corrected chi connectivity index (χ4v) is 2.53. The van der Waals surface area contributed by atoms with Crippen LogP contribution in [0.15, 0.2) is 5.38 Å². The van der Waals surface area contributed by atoms with Gasteiger partial charge in [0.25, 0.3) is 0 Å². The molecule has 0 spiro atoms. The second-order valence-corrected chi connectivity index (χ2v) is 5.31. The molecular weight excluding hydrogens is 238 g/mol. The first kappa shape index (κ1) is 12.3. The normalized spacial score (nSPS) is 20.4. The molecule has 0 aromatic carbocycles.